The summed E-state index contributed by atoms with van der Waals surface area (Å²) in [5.74, 6) is -0.922. The molecule has 0 radical (unpaired) electrons. The number of carbonyl (C=O) groups is 3. The normalized spacial score (nSPS) is 24.8. The van der Waals surface area contributed by atoms with Gasteiger partial charge >= 0.3 is 12.1 Å². The molecule has 0 spiro atoms. The van der Waals surface area contributed by atoms with Crippen LogP contribution in [0.2, 0.25) is 0 Å². The van der Waals surface area contributed by atoms with Crippen molar-refractivity contribution in [2.24, 2.45) is 17.8 Å². The molecule has 2 aromatic rings. The summed E-state index contributed by atoms with van der Waals surface area (Å²) in [6, 6.07) is 15.5. The molecular weight excluding hydrogens is 444 g/mol. The first-order valence-electron chi connectivity index (χ1n) is 12.2. The van der Waals surface area contributed by atoms with E-state index in [0.29, 0.717) is 12.3 Å². The maximum absolute atomic E-state index is 12.6. The third kappa shape index (κ3) is 4.43. The summed E-state index contributed by atoms with van der Waals surface area (Å²) < 4.78 is 5.67. The van der Waals surface area contributed by atoms with Gasteiger partial charge in [-0.3, -0.25) is 4.79 Å². The molecule has 2 fully saturated rings. The van der Waals surface area contributed by atoms with Crippen LogP contribution in [0.4, 0.5) is 4.79 Å². The van der Waals surface area contributed by atoms with E-state index in [1.807, 2.05) is 24.3 Å². The van der Waals surface area contributed by atoms with Crippen LogP contribution in [0.5, 0.6) is 0 Å². The maximum atomic E-state index is 12.6. The molecule has 7 heteroatoms. The van der Waals surface area contributed by atoms with Crippen LogP contribution in [0.25, 0.3) is 11.1 Å². The number of carboxylic acid groups (broad SMARTS) is 1. The topological polar surface area (TPSA) is 105 Å². The molecular formula is C28H30N2O5. The predicted octanol–water partition coefficient (Wildman–Crippen LogP) is 4.09. The van der Waals surface area contributed by atoms with Crippen molar-refractivity contribution in [3.8, 4) is 11.1 Å². The van der Waals surface area contributed by atoms with E-state index >= 15 is 0 Å². The van der Waals surface area contributed by atoms with Crippen LogP contribution >= 0.6 is 0 Å². The number of nitrogens with one attached hydrogen (secondary N) is 2. The first-order chi connectivity index (χ1) is 17.0. The summed E-state index contributed by atoms with van der Waals surface area (Å²) in [5, 5.41) is 14.9. The van der Waals surface area contributed by atoms with E-state index < -0.39 is 18.1 Å². The minimum atomic E-state index is -1.06. The molecule has 3 aliphatic carbocycles. The van der Waals surface area contributed by atoms with Gasteiger partial charge in [-0.2, -0.15) is 0 Å². The van der Waals surface area contributed by atoms with E-state index in [9.17, 15) is 19.5 Å². The molecule has 3 aliphatic rings. The first kappa shape index (κ1) is 23.1. The number of rotatable bonds is 8. The fraction of sp³-hybridized carbons (Fsp3) is 0.393. The fourth-order valence-corrected chi connectivity index (χ4v) is 6.08. The summed E-state index contributed by atoms with van der Waals surface area (Å²) in [6.07, 6.45) is 3.43. The van der Waals surface area contributed by atoms with Gasteiger partial charge < -0.3 is 20.5 Å². The molecule has 0 aromatic heterocycles. The minimum absolute atomic E-state index is 0.0135. The number of hydrogen-bond acceptors (Lipinski definition) is 4. The van der Waals surface area contributed by atoms with Gasteiger partial charge in [0.1, 0.15) is 12.6 Å². The molecule has 5 atom stereocenters. The highest BCUT2D eigenvalue weighted by Crippen LogP contribution is 2.50. The van der Waals surface area contributed by atoms with Gasteiger partial charge in [-0.1, -0.05) is 54.6 Å². The number of ether oxygens (including phenoxy) is 1. The van der Waals surface area contributed by atoms with Gasteiger partial charge in [0.05, 0.1) is 0 Å². The Morgan fingerprint density at radius 2 is 1.69 bits per heavy atom. The monoisotopic (exact) mass is 474 g/mol. The van der Waals surface area contributed by atoms with Crippen molar-refractivity contribution < 1.29 is 24.2 Å². The second-order valence-electron chi connectivity index (χ2n) is 9.83. The van der Waals surface area contributed by atoms with Gasteiger partial charge in [-0.15, -0.1) is 6.58 Å². The fourth-order valence-electron chi connectivity index (χ4n) is 6.08. The van der Waals surface area contributed by atoms with E-state index in [1.54, 1.807) is 0 Å². The van der Waals surface area contributed by atoms with Gasteiger partial charge in [0.15, 0.2) is 0 Å². The van der Waals surface area contributed by atoms with Crippen LogP contribution in [0.1, 0.15) is 42.7 Å². The number of carboxylic acids is 1. The largest absolute Gasteiger partial charge is 0.480 e. The molecule has 182 valence electrons. The van der Waals surface area contributed by atoms with Gasteiger partial charge in [0.25, 0.3) is 0 Å². The third-order valence-electron chi connectivity index (χ3n) is 7.86. The number of carbonyl (C=O) groups excluding carboxylic acids is 2. The molecule has 0 bridgehead atoms. The summed E-state index contributed by atoms with van der Waals surface area (Å²) in [6.45, 7) is 3.82. The molecule has 2 amide bonds. The van der Waals surface area contributed by atoms with Crippen LogP contribution in [0, 0.1) is 17.8 Å². The quantitative estimate of drug-likeness (QED) is 0.500. The highest BCUT2D eigenvalue weighted by molar-refractivity contribution is 5.85. The molecule has 3 N–H and O–H groups in total. The van der Waals surface area contributed by atoms with Crippen molar-refractivity contribution in [1.82, 2.24) is 10.6 Å². The van der Waals surface area contributed by atoms with E-state index in [0.717, 1.165) is 12.8 Å². The molecule has 7 nitrogen and oxygen atoms in total. The lowest BCUT2D eigenvalue weighted by molar-refractivity contribution is -0.142. The second-order valence-corrected chi connectivity index (χ2v) is 9.83. The highest BCUT2D eigenvalue weighted by atomic mass is 16.5. The van der Waals surface area contributed by atoms with E-state index in [1.165, 1.54) is 28.3 Å². The van der Waals surface area contributed by atoms with Crippen LogP contribution < -0.4 is 10.6 Å². The Balaban J connectivity index is 1.13. The lowest BCUT2D eigenvalue weighted by atomic mass is 9.71. The van der Waals surface area contributed by atoms with Gasteiger partial charge in [-0.25, -0.2) is 9.59 Å². The molecule has 2 unspecified atom stereocenters. The Kier molecular flexibility index (Phi) is 6.32. The van der Waals surface area contributed by atoms with Crippen molar-refractivity contribution in [2.45, 2.75) is 43.7 Å². The minimum Gasteiger partial charge on any atom is -0.480 e. The van der Waals surface area contributed by atoms with Crippen LogP contribution in [0.3, 0.4) is 0 Å². The Labute approximate surface area is 204 Å². The average molecular weight is 475 g/mol. The summed E-state index contributed by atoms with van der Waals surface area (Å²) in [4.78, 5) is 36.6. The predicted molar refractivity (Wildman–Crippen MR) is 131 cm³/mol. The molecule has 35 heavy (non-hydrogen) atoms. The number of hydrogen-bond donors (Lipinski definition) is 3. The standard InChI is InChI=1S/C28H30N2O5/c1-2-7-24(27(32)33)29-26(31)17-12-16-14-25(22(16)13-17)30-28(34)35-15-23-20-10-5-3-8-18(20)19-9-4-6-11-21(19)23/h2-6,8-11,16-17,22-25H,1,7,12-15H2,(H,29,31)(H,30,34)(H,32,33)/t16-,17?,22-,24?,25+/m1/s1. The lowest BCUT2D eigenvalue weighted by Gasteiger charge is -2.40. The van der Waals surface area contributed by atoms with Crippen molar-refractivity contribution in [1.29, 1.82) is 0 Å². The van der Waals surface area contributed by atoms with Gasteiger partial charge in [0, 0.05) is 17.9 Å². The average Bonchev–Trinajstić information content (AvgIpc) is 3.36. The Bertz CT molecular complexity index is 1120. The number of fused-ring (bicyclic) bond motifs is 4. The number of benzene rings is 2. The lowest BCUT2D eigenvalue weighted by Crippen LogP contribution is -2.50. The SMILES string of the molecule is C=CCC(NC(=O)C1C[C@@H]2C[C@H](NC(=O)OCC3c4ccccc4-c4ccccc43)[C@@H]2C1)C(=O)O. The van der Waals surface area contributed by atoms with Crippen molar-refractivity contribution in [3.63, 3.8) is 0 Å². The number of amides is 2. The molecule has 0 heterocycles. The smallest absolute Gasteiger partial charge is 0.407 e. The van der Waals surface area contributed by atoms with Crippen molar-refractivity contribution >= 4 is 18.0 Å². The van der Waals surface area contributed by atoms with E-state index in [2.05, 4.69) is 41.5 Å². The Morgan fingerprint density at radius 1 is 1.03 bits per heavy atom. The van der Waals surface area contributed by atoms with Crippen molar-refractivity contribution in [3.05, 3.63) is 72.3 Å². The molecule has 2 aromatic carbocycles. The zero-order valence-corrected chi connectivity index (χ0v) is 19.5. The second kappa shape index (κ2) is 9.56. The molecule has 5 rings (SSSR count). The first-order valence-corrected chi connectivity index (χ1v) is 12.2. The summed E-state index contributed by atoms with van der Waals surface area (Å²) in [7, 11) is 0. The molecule has 0 aliphatic heterocycles. The zero-order valence-electron chi connectivity index (χ0n) is 19.5. The number of alkyl carbamates (subject to hydrolysis) is 1. The Morgan fingerprint density at radius 3 is 2.31 bits per heavy atom. The van der Waals surface area contributed by atoms with Gasteiger partial charge in [0.2, 0.25) is 5.91 Å². The van der Waals surface area contributed by atoms with Crippen molar-refractivity contribution in [2.75, 3.05) is 6.61 Å². The summed E-state index contributed by atoms with van der Waals surface area (Å²) in [5.41, 5.74) is 4.72. The van der Waals surface area contributed by atoms with Crippen LogP contribution in [0.15, 0.2) is 61.2 Å². The molecule has 2 saturated carbocycles. The molecule has 0 saturated heterocycles. The summed E-state index contributed by atoms with van der Waals surface area (Å²) >= 11 is 0. The zero-order chi connectivity index (χ0) is 24.5. The number of aliphatic carboxylic acids is 1. The van der Waals surface area contributed by atoms with Crippen LogP contribution in [-0.4, -0.2) is 41.8 Å². The van der Waals surface area contributed by atoms with E-state index in [4.69, 9.17) is 4.74 Å². The van der Waals surface area contributed by atoms with Gasteiger partial charge in [-0.05, 0) is 59.8 Å². The maximum Gasteiger partial charge on any atom is 0.407 e. The van der Waals surface area contributed by atoms with Crippen LogP contribution in [-0.2, 0) is 14.3 Å². The third-order valence-corrected chi connectivity index (χ3v) is 7.86. The highest BCUT2D eigenvalue weighted by Gasteiger charge is 2.50. The van der Waals surface area contributed by atoms with E-state index in [-0.39, 0.29) is 42.7 Å². The Hall–Kier alpha value is -3.61.